The molecular weight excluding hydrogens is 433 g/mol. The third-order valence-electron chi connectivity index (χ3n) is 3.76. The van der Waals surface area contributed by atoms with E-state index in [1.54, 1.807) is 36.4 Å². The lowest BCUT2D eigenvalue weighted by molar-refractivity contribution is -0.124. The number of benzene rings is 2. The topological polar surface area (TPSA) is 55.4 Å². The van der Waals surface area contributed by atoms with Gasteiger partial charge in [0.2, 0.25) is 0 Å². The van der Waals surface area contributed by atoms with E-state index in [1.807, 2.05) is 17.5 Å². The maximum absolute atomic E-state index is 13.2. The van der Waals surface area contributed by atoms with Crippen LogP contribution < -0.4 is 5.32 Å². The molecule has 0 fully saturated rings. The predicted molar refractivity (Wildman–Crippen MR) is 105 cm³/mol. The van der Waals surface area contributed by atoms with E-state index in [0.29, 0.717) is 10.0 Å². The van der Waals surface area contributed by atoms with Crippen LogP contribution in [-0.2, 0) is 9.53 Å². The van der Waals surface area contributed by atoms with Crippen LogP contribution >= 0.6 is 27.3 Å². The molecule has 0 aliphatic rings. The van der Waals surface area contributed by atoms with E-state index in [-0.39, 0.29) is 5.82 Å². The first-order valence-electron chi connectivity index (χ1n) is 8.04. The third-order valence-corrected chi connectivity index (χ3v) is 5.39. The van der Waals surface area contributed by atoms with Gasteiger partial charge in [0, 0.05) is 9.35 Å². The van der Waals surface area contributed by atoms with Crippen molar-refractivity contribution in [2.45, 2.75) is 6.04 Å². The number of esters is 1. The van der Waals surface area contributed by atoms with Gasteiger partial charge in [-0.15, -0.1) is 11.3 Å². The molecule has 1 aromatic heterocycles. The maximum atomic E-state index is 13.2. The van der Waals surface area contributed by atoms with Gasteiger partial charge in [-0.25, -0.2) is 9.18 Å². The van der Waals surface area contributed by atoms with Crippen molar-refractivity contribution in [3.63, 3.8) is 0 Å². The lowest BCUT2D eigenvalue weighted by atomic mass is 10.1. The highest BCUT2D eigenvalue weighted by Crippen LogP contribution is 2.26. The second-order valence-corrected chi connectivity index (χ2v) is 7.46. The van der Waals surface area contributed by atoms with Crippen molar-refractivity contribution in [2.75, 3.05) is 6.61 Å². The highest BCUT2D eigenvalue weighted by Gasteiger charge is 2.19. The number of halogens is 2. The minimum Gasteiger partial charge on any atom is -0.452 e. The predicted octanol–water partition coefficient (Wildman–Crippen LogP) is 4.71. The molecule has 4 nitrogen and oxygen atoms in total. The van der Waals surface area contributed by atoms with Gasteiger partial charge in [0.15, 0.2) is 6.61 Å². The normalized spacial score (nSPS) is 11.6. The second-order valence-electron chi connectivity index (χ2n) is 5.62. The summed E-state index contributed by atoms with van der Waals surface area (Å²) in [6, 6.07) is 16.0. The average molecular weight is 448 g/mol. The molecule has 3 rings (SSSR count). The van der Waals surface area contributed by atoms with Crippen LogP contribution in [0.3, 0.4) is 0 Å². The van der Waals surface area contributed by atoms with E-state index < -0.39 is 24.5 Å². The van der Waals surface area contributed by atoms with Crippen LogP contribution in [0, 0.1) is 5.82 Å². The number of thiophene rings is 1. The summed E-state index contributed by atoms with van der Waals surface area (Å²) in [6.07, 6.45) is 0. The second kappa shape index (κ2) is 8.92. The minimum absolute atomic E-state index is 0.346. The summed E-state index contributed by atoms with van der Waals surface area (Å²) in [5.41, 5.74) is 1.09. The number of ether oxygens (including phenoxy) is 1. The van der Waals surface area contributed by atoms with E-state index in [9.17, 15) is 14.0 Å². The van der Waals surface area contributed by atoms with Gasteiger partial charge >= 0.3 is 5.97 Å². The standard InChI is InChI=1S/C20H15BrFNO3S/c21-16-5-2-1-4-15(16)20(25)26-12-18(24)23-19(17-6-3-11-27-17)13-7-9-14(22)10-8-13/h1-11,19H,12H2,(H,23,24). The molecule has 1 N–H and O–H groups in total. The van der Waals surface area contributed by atoms with Crippen LogP contribution in [0.15, 0.2) is 70.5 Å². The van der Waals surface area contributed by atoms with E-state index >= 15 is 0 Å². The fourth-order valence-corrected chi connectivity index (χ4v) is 3.72. The molecule has 1 unspecified atom stereocenters. The zero-order chi connectivity index (χ0) is 19.2. The Morgan fingerprint density at radius 2 is 1.81 bits per heavy atom. The Morgan fingerprint density at radius 1 is 1.07 bits per heavy atom. The van der Waals surface area contributed by atoms with Crippen molar-refractivity contribution in [2.24, 2.45) is 0 Å². The molecule has 27 heavy (non-hydrogen) atoms. The number of carbonyl (C=O) groups excluding carboxylic acids is 2. The summed E-state index contributed by atoms with van der Waals surface area (Å²) in [6.45, 7) is -0.413. The van der Waals surface area contributed by atoms with E-state index in [4.69, 9.17) is 4.74 Å². The lowest BCUT2D eigenvalue weighted by Crippen LogP contribution is -2.32. The summed E-state index contributed by atoms with van der Waals surface area (Å²) in [5, 5.41) is 4.73. The molecule has 0 aliphatic carbocycles. The van der Waals surface area contributed by atoms with Gasteiger partial charge in [0.1, 0.15) is 5.82 Å². The first-order valence-corrected chi connectivity index (χ1v) is 9.72. The number of hydrogen-bond acceptors (Lipinski definition) is 4. The molecule has 7 heteroatoms. The van der Waals surface area contributed by atoms with E-state index in [0.717, 1.165) is 10.4 Å². The molecule has 1 heterocycles. The molecule has 1 amide bonds. The number of nitrogens with one attached hydrogen (secondary N) is 1. The molecule has 0 aliphatic heterocycles. The smallest absolute Gasteiger partial charge is 0.339 e. The van der Waals surface area contributed by atoms with Gasteiger partial charge in [0.25, 0.3) is 5.91 Å². The summed E-state index contributed by atoms with van der Waals surface area (Å²) >= 11 is 4.75. The summed E-state index contributed by atoms with van der Waals surface area (Å²) in [4.78, 5) is 25.4. The molecule has 0 radical (unpaired) electrons. The summed E-state index contributed by atoms with van der Waals surface area (Å²) in [5.74, 6) is -1.39. The largest absolute Gasteiger partial charge is 0.452 e. The van der Waals surface area contributed by atoms with Crippen molar-refractivity contribution < 1.29 is 18.7 Å². The zero-order valence-corrected chi connectivity index (χ0v) is 16.4. The Labute approximate surface area is 168 Å². The zero-order valence-electron chi connectivity index (χ0n) is 14.0. The van der Waals surface area contributed by atoms with Crippen LogP contribution in [0.5, 0.6) is 0 Å². The molecule has 3 aromatic rings. The van der Waals surface area contributed by atoms with Gasteiger partial charge in [0.05, 0.1) is 11.6 Å². The van der Waals surface area contributed by atoms with Crippen LogP contribution in [-0.4, -0.2) is 18.5 Å². The van der Waals surface area contributed by atoms with Crippen molar-refractivity contribution in [1.82, 2.24) is 5.32 Å². The molecule has 2 aromatic carbocycles. The maximum Gasteiger partial charge on any atom is 0.339 e. The lowest BCUT2D eigenvalue weighted by Gasteiger charge is -2.18. The van der Waals surface area contributed by atoms with Crippen LogP contribution in [0.4, 0.5) is 4.39 Å². The monoisotopic (exact) mass is 447 g/mol. The average Bonchev–Trinajstić information content (AvgIpc) is 3.20. The van der Waals surface area contributed by atoms with Gasteiger partial charge in [-0.1, -0.05) is 30.3 Å². The summed E-state index contributed by atoms with van der Waals surface area (Å²) in [7, 11) is 0. The SMILES string of the molecule is O=C(COC(=O)c1ccccc1Br)NC(c1ccc(F)cc1)c1cccs1. The Morgan fingerprint density at radius 3 is 2.48 bits per heavy atom. The van der Waals surface area contributed by atoms with Gasteiger partial charge in [-0.05, 0) is 57.2 Å². The fourth-order valence-electron chi connectivity index (χ4n) is 2.47. The first-order chi connectivity index (χ1) is 13.0. The molecular formula is C20H15BrFNO3S. The van der Waals surface area contributed by atoms with E-state index in [1.165, 1.54) is 23.5 Å². The van der Waals surface area contributed by atoms with Crippen LogP contribution in [0.1, 0.15) is 26.8 Å². The van der Waals surface area contributed by atoms with E-state index in [2.05, 4.69) is 21.2 Å². The quantitative estimate of drug-likeness (QED) is 0.556. The highest BCUT2D eigenvalue weighted by molar-refractivity contribution is 9.10. The molecule has 138 valence electrons. The Balaban J connectivity index is 1.67. The number of amides is 1. The molecule has 0 saturated carbocycles. The highest BCUT2D eigenvalue weighted by atomic mass is 79.9. The van der Waals surface area contributed by atoms with Crippen LogP contribution in [0.25, 0.3) is 0 Å². The number of rotatable bonds is 6. The Kier molecular flexibility index (Phi) is 6.36. The molecule has 0 saturated heterocycles. The minimum atomic E-state index is -0.591. The van der Waals surface area contributed by atoms with Crippen molar-refractivity contribution in [3.8, 4) is 0 Å². The van der Waals surface area contributed by atoms with Crippen molar-refractivity contribution in [1.29, 1.82) is 0 Å². The van der Waals surface area contributed by atoms with Gasteiger partial charge in [-0.2, -0.15) is 0 Å². The van der Waals surface area contributed by atoms with Crippen molar-refractivity contribution >= 4 is 39.1 Å². The molecule has 1 atom stereocenters. The third kappa shape index (κ3) is 5.02. The van der Waals surface area contributed by atoms with Crippen LogP contribution in [0.2, 0.25) is 0 Å². The van der Waals surface area contributed by atoms with Gasteiger partial charge < -0.3 is 10.1 Å². The number of hydrogen-bond donors (Lipinski definition) is 1. The Hall–Kier alpha value is -2.51. The van der Waals surface area contributed by atoms with Gasteiger partial charge in [-0.3, -0.25) is 4.79 Å². The fraction of sp³-hybridized carbons (Fsp3) is 0.100. The summed E-state index contributed by atoms with van der Waals surface area (Å²) < 4.78 is 18.9. The Bertz CT molecular complexity index is 929. The van der Waals surface area contributed by atoms with Crippen molar-refractivity contribution in [3.05, 3.63) is 92.3 Å². The molecule has 0 spiro atoms. The molecule has 0 bridgehead atoms. The number of carbonyl (C=O) groups is 2. The first kappa shape index (κ1) is 19.3.